The van der Waals surface area contributed by atoms with Crippen molar-refractivity contribution in [1.82, 2.24) is 4.98 Å². The Balaban J connectivity index is 2.22. The molecule has 0 unspecified atom stereocenters. The van der Waals surface area contributed by atoms with Crippen molar-refractivity contribution in [2.24, 2.45) is 0 Å². The van der Waals surface area contributed by atoms with Gasteiger partial charge in [-0.3, -0.25) is 4.98 Å². The van der Waals surface area contributed by atoms with E-state index in [-0.39, 0.29) is 12.2 Å². The molecule has 0 aliphatic rings. The van der Waals surface area contributed by atoms with Crippen LogP contribution in [0.15, 0.2) is 36.5 Å². The van der Waals surface area contributed by atoms with E-state index in [4.69, 9.17) is 4.74 Å². The number of carbonyl (C=O) groups excluding carboxylic acids is 2. The average Bonchev–Trinajstić information content (AvgIpc) is 2.47. The van der Waals surface area contributed by atoms with Crippen LogP contribution in [0.1, 0.15) is 37.5 Å². The first-order valence-electron chi connectivity index (χ1n) is 6.41. The predicted molar refractivity (Wildman–Crippen MR) is 75.8 cm³/mol. The highest BCUT2D eigenvalue weighted by atomic mass is 16.6. The van der Waals surface area contributed by atoms with Crippen LogP contribution in [0.5, 0.6) is 0 Å². The number of aliphatic hydroxyl groups is 1. The first-order valence-corrected chi connectivity index (χ1v) is 6.41. The molecule has 21 heavy (non-hydrogen) atoms. The molecule has 0 fully saturated rings. The highest BCUT2D eigenvalue weighted by Crippen LogP contribution is 2.13. The fraction of sp³-hybridized carbons (Fsp3) is 0.188. The van der Waals surface area contributed by atoms with Crippen LogP contribution in [0, 0.1) is 13.8 Å². The zero-order chi connectivity index (χ0) is 15.4. The minimum absolute atomic E-state index is 0.144. The lowest BCUT2D eigenvalue weighted by Crippen LogP contribution is -2.15. The molecule has 5 nitrogen and oxygen atoms in total. The third-order valence-corrected chi connectivity index (χ3v) is 2.95. The van der Waals surface area contributed by atoms with Gasteiger partial charge in [-0.25, -0.2) is 9.59 Å². The predicted octanol–water partition coefficient (Wildman–Crippen LogP) is 2.19. The van der Waals surface area contributed by atoms with Crippen LogP contribution in [-0.4, -0.2) is 22.0 Å². The second-order valence-corrected chi connectivity index (χ2v) is 4.69. The number of rotatable bonds is 3. The number of nitrogens with zero attached hydrogens (tertiary/aromatic N) is 1. The molecule has 0 saturated heterocycles. The molecule has 108 valence electrons. The van der Waals surface area contributed by atoms with Gasteiger partial charge in [0, 0.05) is 17.5 Å². The smallest absolute Gasteiger partial charge is 0.346 e. The van der Waals surface area contributed by atoms with Crippen LogP contribution in [0.3, 0.4) is 0 Å². The SMILES string of the molecule is Cc1cccc(C(=O)OC(=O)c2cc(C)ncc2CO)c1. The summed E-state index contributed by atoms with van der Waals surface area (Å²) in [5, 5.41) is 9.21. The fourth-order valence-corrected chi connectivity index (χ4v) is 1.87. The van der Waals surface area contributed by atoms with Crippen molar-refractivity contribution < 1.29 is 19.4 Å². The number of hydrogen-bond donors (Lipinski definition) is 1. The van der Waals surface area contributed by atoms with E-state index in [1.54, 1.807) is 25.1 Å². The molecular weight excluding hydrogens is 270 g/mol. The lowest BCUT2D eigenvalue weighted by atomic mass is 10.1. The van der Waals surface area contributed by atoms with E-state index in [1.165, 1.54) is 12.3 Å². The Morgan fingerprint density at radius 3 is 2.62 bits per heavy atom. The van der Waals surface area contributed by atoms with Crippen LogP contribution in [-0.2, 0) is 11.3 Å². The van der Waals surface area contributed by atoms with E-state index in [1.807, 2.05) is 13.0 Å². The van der Waals surface area contributed by atoms with Gasteiger partial charge in [0.05, 0.1) is 17.7 Å². The van der Waals surface area contributed by atoms with Crippen molar-refractivity contribution in [3.8, 4) is 0 Å². The zero-order valence-electron chi connectivity index (χ0n) is 11.8. The second-order valence-electron chi connectivity index (χ2n) is 4.69. The van der Waals surface area contributed by atoms with E-state index in [2.05, 4.69) is 4.98 Å². The van der Waals surface area contributed by atoms with E-state index in [9.17, 15) is 14.7 Å². The lowest BCUT2D eigenvalue weighted by Gasteiger charge is -2.07. The highest BCUT2D eigenvalue weighted by molar-refractivity contribution is 6.03. The normalized spacial score (nSPS) is 10.2. The summed E-state index contributed by atoms with van der Waals surface area (Å²) in [6.07, 6.45) is 1.39. The van der Waals surface area contributed by atoms with Crippen LogP contribution >= 0.6 is 0 Å². The van der Waals surface area contributed by atoms with Crippen molar-refractivity contribution in [3.05, 3.63) is 64.5 Å². The van der Waals surface area contributed by atoms with Gasteiger partial charge in [0.2, 0.25) is 0 Å². The number of aromatic nitrogens is 1. The van der Waals surface area contributed by atoms with E-state index in [0.29, 0.717) is 16.8 Å². The van der Waals surface area contributed by atoms with E-state index in [0.717, 1.165) is 5.56 Å². The maximum Gasteiger partial charge on any atom is 0.346 e. The number of hydrogen-bond acceptors (Lipinski definition) is 5. The summed E-state index contributed by atoms with van der Waals surface area (Å²) in [4.78, 5) is 28.0. The monoisotopic (exact) mass is 285 g/mol. The molecule has 0 bridgehead atoms. The molecule has 1 aromatic heterocycles. The zero-order valence-corrected chi connectivity index (χ0v) is 11.8. The Labute approximate surface area is 122 Å². The first-order chi connectivity index (χ1) is 10.0. The molecule has 0 aliphatic carbocycles. The Morgan fingerprint density at radius 2 is 1.95 bits per heavy atom. The maximum absolute atomic E-state index is 12.1. The van der Waals surface area contributed by atoms with Gasteiger partial charge in [0.1, 0.15) is 0 Å². The van der Waals surface area contributed by atoms with Crippen LogP contribution in [0.2, 0.25) is 0 Å². The summed E-state index contributed by atoms with van der Waals surface area (Å²) in [6.45, 7) is 3.20. The summed E-state index contributed by atoms with van der Waals surface area (Å²) >= 11 is 0. The van der Waals surface area contributed by atoms with Gasteiger partial charge in [-0.2, -0.15) is 0 Å². The molecule has 1 N–H and O–H groups in total. The number of ether oxygens (including phenoxy) is 1. The molecule has 0 aliphatic heterocycles. The summed E-state index contributed by atoms with van der Waals surface area (Å²) in [7, 11) is 0. The van der Waals surface area contributed by atoms with E-state index >= 15 is 0 Å². The number of esters is 2. The Bertz CT molecular complexity index is 694. The van der Waals surface area contributed by atoms with Crippen molar-refractivity contribution in [2.45, 2.75) is 20.5 Å². The van der Waals surface area contributed by atoms with Crippen molar-refractivity contribution in [2.75, 3.05) is 0 Å². The molecular formula is C16H15NO4. The largest absolute Gasteiger partial charge is 0.392 e. The molecule has 2 aromatic rings. The van der Waals surface area contributed by atoms with Gasteiger partial charge in [-0.05, 0) is 32.0 Å². The number of aryl methyl sites for hydroxylation is 2. The third kappa shape index (κ3) is 3.52. The van der Waals surface area contributed by atoms with E-state index < -0.39 is 11.9 Å². The van der Waals surface area contributed by atoms with Crippen molar-refractivity contribution >= 4 is 11.9 Å². The Hall–Kier alpha value is -2.53. The molecule has 5 heteroatoms. The second kappa shape index (κ2) is 6.28. The number of benzene rings is 1. The van der Waals surface area contributed by atoms with Gasteiger partial charge in [-0.1, -0.05) is 17.7 Å². The quantitative estimate of drug-likeness (QED) is 0.691. The topological polar surface area (TPSA) is 76.5 Å². The number of aliphatic hydroxyl groups excluding tert-OH is 1. The molecule has 0 atom stereocenters. The molecule has 0 amide bonds. The average molecular weight is 285 g/mol. The van der Waals surface area contributed by atoms with Crippen LogP contribution in [0.4, 0.5) is 0 Å². The van der Waals surface area contributed by atoms with Crippen molar-refractivity contribution in [1.29, 1.82) is 0 Å². The Kier molecular flexibility index (Phi) is 4.45. The highest BCUT2D eigenvalue weighted by Gasteiger charge is 2.18. The van der Waals surface area contributed by atoms with Gasteiger partial charge in [0.25, 0.3) is 0 Å². The number of pyridine rings is 1. The molecule has 2 rings (SSSR count). The summed E-state index contributed by atoms with van der Waals surface area (Å²) in [6, 6.07) is 8.26. The first kappa shape index (κ1) is 14.9. The summed E-state index contributed by atoms with van der Waals surface area (Å²) in [5.41, 5.74) is 2.27. The van der Waals surface area contributed by atoms with Gasteiger partial charge in [0.15, 0.2) is 0 Å². The molecule has 0 saturated carbocycles. The minimum Gasteiger partial charge on any atom is -0.392 e. The van der Waals surface area contributed by atoms with Gasteiger partial charge in [-0.15, -0.1) is 0 Å². The van der Waals surface area contributed by atoms with Gasteiger partial charge >= 0.3 is 11.9 Å². The standard InChI is InChI=1S/C16H15NO4/c1-10-4-3-5-12(6-10)15(19)21-16(20)14-7-11(2)17-8-13(14)9-18/h3-8,18H,9H2,1-2H3. The third-order valence-electron chi connectivity index (χ3n) is 2.95. The molecule has 1 aromatic carbocycles. The Morgan fingerprint density at radius 1 is 1.19 bits per heavy atom. The molecule has 0 radical (unpaired) electrons. The number of carbonyl (C=O) groups is 2. The minimum atomic E-state index is -0.795. The van der Waals surface area contributed by atoms with Crippen LogP contribution < -0.4 is 0 Å². The summed E-state index contributed by atoms with van der Waals surface area (Å²) < 4.78 is 4.86. The van der Waals surface area contributed by atoms with Crippen molar-refractivity contribution in [3.63, 3.8) is 0 Å². The van der Waals surface area contributed by atoms with Crippen LogP contribution in [0.25, 0.3) is 0 Å². The van der Waals surface area contributed by atoms with Gasteiger partial charge < -0.3 is 9.84 Å². The molecule has 1 heterocycles. The lowest BCUT2D eigenvalue weighted by molar-refractivity contribution is 0.0395. The summed E-state index contributed by atoms with van der Waals surface area (Å²) in [5.74, 6) is -1.52. The molecule has 0 spiro atoms. The maximum atomic E-state index is 12.1. The fourth-order valence-electron chi connectivity index (χ4n) is 1.87.